The van der Waals surface area contributed by atoms with E-state index >= 15 is 0 Å². The average molecular weight is 445 g/mol. The Morgan fingerprint density at radius 1 is 1.17 bits per heavy atom. The van der Waals surface area contributed by atoms with Crippen LogP contribution in [0.3, 0.4) is 0 Å². The molecular weight excluding hydrogens is 420 g/mol. The zero-order valence-corrected chi connectivity index (χ0v) is 18.4. The second-order valence-electron chi connectivity index (χ2n) is 7.45. The predicted octanol–water partition coefficient (Wildman–Crippen LogP) is 4.39. The van der Waals surface area contributed by atoms with Crippen LogP contribution in [0.1, 0.15) is 19.8 Å². The minimum Gasteiger partial charge on any atom is -0.355 e. The van der Waals surface area contributed by atoms with Crippen LogP contribution in [0.25, 0.3) is 10.9 Å². The molecular formula is C22H25ClN4O2S. The molecule has 0 bridgehead atoms. The number of fused-ring (bicyclic) bond motifs is 1. The molecule has 0 aliphatic carbocycles. The molecule has 4 rings (SSSR count). The molecule has 1 atom stereocenters. The number of nitrogens with one attached hydrogen (secondary N) is 2. The highest BCUT2D eigenvalue weighted by atomic mass is 35.5. The molecule has 2 aromatic carbocycles. The quantitative estimate of drug-likeness (QED) is 0.565. The summed E-state index contributed by atoms with van der Waals surface area (Å²) in [5, 5.41) is 4.91. The van der Waals surface area contributed by atoms with Crippen molar-refractivity contribution in [1.82, 2.24) is 14.6 Å². The van der Waals surface area contributed by atoms with Crippen molar-refractivity contribution < 1.29 is 8.42 Å². The zero-order chi connectivity index (χ0) is 21.1. The maximum Gasteiger partial charge on any atom is 0.240 e. The first-order chi connectivity index (χ1) is 14.5. The van der Waals surface area contributed by atoms with Gasteiger partial charge >= 0.3 is 0 Å². The van der Waals surface area contributed by atoms with E-state index in [1.54, 1.807) is 30.5 Å². The predicted molar refractivity (Wildman–Crippen MR) is 122 cm³/mol. The molecule has 0 spiro atoms. The lowest BCUT2D eigenvalue weighted by molar-refractivity contribution is 0.268. The van der Waals surface area contributed by atoms with Gasteiger partial charge in [-0.2, -0.15) is 0 Å². The Kier molecular flexibility index (Phi) is 6.24. The van der Waals surface area contributed by atoms with Gasteiger partial charge in [0.05, 0.1) is 10.4 Å². The van der Waals surface area contributed by atoms with Crippen LogP contribution in [0.5, 0.6) is 0 Å². The number of hydrogen-bond acceptors (Lipinski definition) is 5. The molecule has 3 aromatic rings. The summed E-state index contributed by atoms with van der Waals surface area (Å²) in [6, 6.07) is 14.5. The summed E-state index contributed by atoms with van der Waals surface area (Å²) in [6.45, 7) is 4.54. The molecule has 1 aromatic heterocycles. The number of rotatable bonds is 7. The van der Waals surface area contributed by atoms with Crippen LogP contribution in [-0.4, -0.2) is 44.0 Å². The van der Waals surface area contributed by atoms with Gasteiger partial charge in [-0.15, -0.1) is 0 Å². The fourth-order valence-electron chi connectivity index (χ4n) is 3.94. The van der Waals surface area contributed by atoms with Crippen LogP contribution in [0.2, 0.25) is 5.02 Å². The van der Waals surface area contributed by atoms with E-state index in [-0.39, 0.29) is 10.9 Å². The lowest BCUT2D eigenvalue weighted by Gasteiger charge is -2.22. The topological polar surface area (TPSA) is 74.3 Å². The van der Waals surface area contributed by atoms with E-state index in [9.17, 15) is 8.42 Å². The summed E-state index contributed by atoms with van der Waals surface area (Å²) in [6.07, 6.45) is 3.87. The van der Waals surface area contributed by atoms with Gasteiger partial charge in [0.15, 0.2) is 0 Å². The molecule has 1 unspecified atom stereocenters. The van der Waals surface area contributed by atoms with Gasteiger partial charge in [0.2, 0.25) is 10.0 Å². The van der Waals surface area contributed by atoms with Gasteiger partial charge in [0, 0.05) is 40.6 Å². The fraction of sp³-hybridized carbons (Fsp3) is 0.318. The third kappa shape index (κ3) is 4.59. The number of likely N-dealkylation sites (N-methyl/N-ethyl adjacent to an activating group) is 1. The normalized spacial score (nSPS) is 17.5. The number of anilines is 2. The molecule has 6 nitrogen and oxygen atoms in total. The lowest BCUT2D eigenvalue weighted by Crippen LogP contribution is -2.39. The molecule has 0 saturated carbocycles. The Balaban J connectivity index is 1.46. The molecule has 158 valence electrons. The van der Waals surface area contributed by atoms with E-state index in [2.05, 4.69) is 26.8 Å². The number of pyridine rings is 1. The largest absolute Gasteiger partial charge is 0.355 e. The van der Waals surface area contributed by atoms with Crippen molar-refractivity contribution in [2.24, 2.45) is 0 Å². The molecule has 30 heavy (non-hydrogen) atoms. The molecule has 2 N–H and O–H groups in total. The van der Waals surface area contributed by atoms with Gasteiger partial charge in [-0.1, -0.05) is 18.5 Å². The molecule has 1 aliphatic heterocycles. The van der Waals surface area contributed by atoms with E-state index in [1.165, 1.54) is 0 Å². The standard InChI is InChI=1S/C22H25ClN4O2S/c1-2-27-13-3-4-18(27)15-25-30(28,29)19-8-6-17(7-9-19)26-21-11-12-24-22-14-16(23)5-10-20(21)22/h5-12,14,18,25H,2-4,13,15H2,1H3,(H,24,26). The Morgan fingerprint density at radius 2 is 1.97 bits per heavy atom. The Labute approximate surface area is 182 Å². The van der Waals surface area contributed by atoms with Gasteiger partial charge in [0.25, 0.3) is 0 Å². The van der Waals surface area contributed by atoms with Gasteiger partial charge in [-0.05, 0) is 74.5 Å². The van der Waals surface area contributed by atoms with Gasteiger partial charge < -0.3 is 5.32 Å². The van der Waals surface area contributed by atoms with Crippen LogP contribution in [0.4, 0.5) is 11.4 Å². The van der Waals surface area contributed by atoms with Crippen LogP contribution in [-0.2, 0) is 10.0 Å². The molecule has 0 amide bonds. The molecule has 1 saturated heterocycles. The van der Waals surface area contributed by atoms with Gasteiger partial charge in [0.1, 0.15) is 0 Å². The number of likely N-dealkylation sites (tertiary alicyclic amines) is 1. The first-order valence-corrected chi connectivity index (χ1v) is 12.0. The van der Waals surface area contributed by atoms with Crippen molar-refractivity contribution in [2.45, 2.75) is 30.7 Å². The van der Waals surface area contributed by atoms with E-state index in [0.29, 0.717) is 11.6 Å². The summed E-state index contributed by atoms with van der Waals surface area (Å²) < 4.78 is 28.1. The van der Waals surface area contributed by atoms with Crippen LogP contribution >= 0.6 is 11.6 Å². The number of nitrogens with zero attached hydrogens (tertiary/aromatic N) is 2. The monoisotopic (exact) mass is 444 g/mol. The van der Waals surface area contributed by atoms with E-state index in [1.807, 2.05) is 24.3 Å². The fourth-order valence-corrected chi connectivity index (χ4v) is 5.17. The number of halogens is 1. The number of benzene rings is 2. The summed E-state index contributed by atoms with van der Waals surface area (Å²) in [4.78, 5) is 6.93. The minimum absolute atomic E-state index is 0.264. The third-order valence-electron chi connectivity index (χ3n) is 5.56. The maximum atomic E-state index is 12.7. The van der Waals surface area contributed by atoms with Crippen LogP contribution < -0.4 is 10.0 Å². The zero-order valence-electron chi connectivity index (χ0n) is 16.8. The Morgan fingerprint density at radius 3 is 2.73 bits per heavy atom. The summed E-state index contributed by atoms with van der Waals surface area (Å²) in [7, 11) is -3.54. The Hall–Kier alpha value is -2.19. The first kappa shape index (κ1) is 21.1. The second-order valence-corrected chi connectivity index (χ2v) is 9.65. The van der Waals surface area contributed by atoms with E-state index in [0.717, 1.165) is 48.2 Å². The summed E-state index contributed by atoms with van der Waals surface area (Å²) in [5.41, 5.74) is 2.47. The highest BCUT2D eigenvalue weighted by Gasteiger charge is 2.25. The molecule has 1 fully saturated rings. The van der Waals surface area contributed by atoms with Crippen molar-refractivity contribution in [1.29, 1.82) is 0 Å². The second kappa shape index (κ2) is 8.89. The van der Waals surface area contributed by atoms with E-state index < -0.39 is 10.0 Å². The smallest absolute Gasteiger partial charge is 0.240 e. The molecule has 0 radical (unpaired) electrons. The Bertz CT molecular complexity index is 1140. The lowest BCUT2D eigenvalue weighted by atomic mass is 10.2. The maximum absolute atomic E-state index is 12.7. The van der Waals surface area contributed by atoms with Crippen molar-refractivity contribution in [3.8, 4) is 0 Å². The third-order valence-corrected chi connectivity index (χ3v) is 7.24. The van der Waals surface area contributed by atoms with Crippen molar-refractivity contribution >= 4 is 43.9 Å². The van der Waals surface area contributed by atoms with Crippen LogP contribution in [0.15, 0.2) is 59.6 Å². The molecule has 2 heterocycles. The number of hydrogen-bond donors (Lipinski definition) is 2. The average Bonchev–Trinajstić information content (AvgIpc) is 3.20. The van der Waals surface area contributed by atoms with E-state index in [4.69, 9.17) is 11.6 Å². The minimum atomic E-state index is -3.54. The molecule has 1 aliphatic rings. The first-order valence-electron chi connectivity index (χ1n) is 10.1. The number of sulfonamides is 1. The summed E-state index contributed by atoms with van der Waals surface area (Å²) >= 11 is 6.05. The van der Waals surface area contributed by atoms with Gasteiger partial charge in [-0.3, -0.25) is 9.88 Å². The van der Waals surface area contributed by atoms with Crippen molar-refractivity contribution in [2.75, 3.05) is 25.0 Å². The molecule has 8 heteroatoms. The highest BCUT2D eigenvalue weighted by molar-refractivity contribution is 7.89. The van der Waals surface area contributed by atoms with Crippen LogP contribution in [0, 0.1) is 0 Å². The highest BCUT2D eigenvalue weighted by Crippen LogP contribution is 2.27. The number of aromatic nitrogens is 1. The van der Waals surface area contributed by atoms with Crippen molar-refractivity contribution in [3.05, 3.63) is 59.8 Å². The van der Waals surface area contributed by atoms with Gasteiger partial charge in [-0.25, -0.2) is 13.1 Å². The van der Waals surface area contributed by atoms with Crippen molar-refractivity contribution in [3.63, 3.8) is 0 Å². The summed E-state index contributed by atoms with van der Waals surface area (Å²) in [5.74, 6) is 0. The SMILES string of the molecule is CCN1CCCC1CNS(=O)(=O)c1ccc(Nc2ccnc3cc(Cl)ccc23)cc1.